The van der Waals surface area contributed by atoms with Crippen LogP contribution in [-0.4, -0.2) is 30.4 Å². The molecule has 1 unspecified atom stereocenters. The first-order valence-corrected chi connectivity index (χ1v) is 7.28. The summed E-state index contributed by atoms with van der Waals surface area (Å²) in [6.07, 6.45) is 2.42. The Morgan fingerprint density at radius 1 is 1.50 bits per heavy atom. The van der Waals surface area contributed by atoms with Crippen molar-refractivity contribution in [3.63, 3.8) is 0 Å². The fourth-order valence-electron chi connectivity index (χ4n) is 2.64. The molecule has 3 nitrogen and oxygen atoms in total. The van der Waals surface area contributed by atoms with Gasteiger partial charge >= 0.3 is 0 Å². The molecule has 1 aliphatic rings. The van der Waals surface area contributed by atoms with Gasteiger partial charge < -0.3 is 5.32 Å². The number of amides is 1. The van der Waals surface area contributed by atoms with Crippen LogP contribution >= 0.6 is 0 Å². The first-order valence-electron chi connectivity index (χ1n) is 7.28. The minimum absolute atomic E-state index is 0.0140. The molecule has 0 aromatic heterocycles. The number of nitrogens with one attached hydrogen (secondary N) is 1. The smallest absolute Gasteiger partial charge is 0.234 e. The number of carbonyl (C=O) groups is 1. The van der Waals surface area contributed by atoms with E-state index in [9.17, 15) is 9.18 Å². The Hall–Kier alpha value is -1.42. The van der Waals surface area contributed by atoms with Crippen molar-refractivity contribution < 1.29 is 9.18 Å². The summed E-state index contributed by atoms with van der Waals surface area (Å²) >= 11 is 0. The second-order valence-corrected chi connectivity index (χ2v) is 5.84. The first-order chi connectivity index (χ1) is 9.54. The van der Waals surface area contributed by atoms with Gasteiger partial charge in [-0.15, -0.1) is 0 Å². The molecule has 1 fully saturated rings. The van der Waals surface area contributed by atoms with Gasteiger partial charge in [-0.3, -0.25) is 9.69 Å². The molecule has 0 radical (unpaired) electrons. The maximum Gasteiger partial charge on any atom is 0.234 e. The van der Waals surface area contributed by atoms with Gasteiger partial charge in [-0.05, 0) is 49.4 Å². The van der Waals surface area contributed by atoms with Gasteiger partial charge in [0, 0.05) is 13.1 Å². The number of carbonyl (C=O) groups excluding carboxylic acids is 1. The summed E-state index contributed by atoms with van der Waals surface area (Å²) in [6.45, 7) is 6.77. The number of aryl methyl sites for hydroxylation is 1. The van der Waals surface area contributed by atoms with Crippen molar-refractivity contribution in [1.29, 1.82) is 0 Å². The molecule has 0 bridgehead atoms. The van der Waals surface area contributed by atoms with Crippen molar-refractivity contribution in [2.45, 2.75) is 33.2 Å². The number of rotatable bonds is 4. The van der Waals surface area contributed by atoms with Crippen LogP contribution in [0, 0.1) is 18.7 Å². The van der Waals surface area contributed by atoms with Gasteiger partial charge in [-0.25, -0.2) is 4.39 Å². The van der Waals surface area contributed by atoms with Crippen molar-refractivity contribution in [3.8, 4) is 0 Å². The van der Waals surface area contributed by atoms with Crippen LogP contribution in [0.5, 0.6) is 0 Å². The molecule has 1 atom stereocenters. The highest BCUT2D eigenvalue weighted by Crippen LogP contribution is 2.14. The van der Waals surface area contributed by atoms with Crippen LogP contribution in [-0.2, 0) is 11.3 Å². The number of hydrogen-bond acceptors (Lipinski definition) is 2. The molecule has 1 aromatic carbocycles. The van der Waals surface area contributed by atoms with E-state index in [-0.39, 0.29) is 11.7 Å². The van der Waals surface area contributed by atoms with Crippen LogP contribution in [0.3, 0.4) is 0 Å². The molecular formula is C16H23FN2O. The number of piperidine rings is 1. The summed E-state index contributed by atoms with van der Waals surface area (Å²) in [5.41, 5.74) is 1.43. The van der Waals surface area contributed by atoms with Gasteiger partial charge in [0.25, 0.3) is 0 Å². The molecule has 20 heavy (non-hydrogen) atoms. The van der Waals surface area contributed by atoms with Crippen molar-refractivity contribution in [3.05, 3.63) is 35.1 Å². The molecule has 1 N–H and O–H groups in total. The Labute approximate surface area is 120 Å². The van der Waals surface area contributed by atoms with E-state index < -0.39 is 0 Å². The van der Waals surface area contributed by atoms with E-state index in [1.807, 2.05) is 6.07 Å². The lowest BCUT2D eigenvalue weighted by Crippen LogP contribution is -2.41. The standard InChI is InChI=1S/C16H23FN2O/c1-12-4-3-7-19(10-12)11-16(20)18-9-14-6-5-13(2)15(17)8-14/h5-6,8,12H,3-4,7,9-11H2,1-2H3,(H,18,20). The zero-order valence-corrected chi connectivity index (χ0v) is 12.3. The molecule has 1 amide bonds. The summed E-state index contributed by atoms with van der Waals surface area (Å²) in [4.78, 5) is 14.1. The predicted molar refractivity (Wildman–Crippen MR) is 77.8 cm³/mol. The molecule has 4 heteroatoms. The van der Waals surface area contributed by atoms with Gasteiger partial charge in [-0.2, -0.15) is 0 Å². The van der Waals surface area contributed by atoms with E-state index in [2.05, 4.69) is 17.1 Å². The summed E-state index contributed by atoms with van der Waals surface area (Å²) in [6, 6.07) is 5.07. The van der Waals surface area contributed by atoms with Crippen LogP contribution in [0.4, 0.5) is 4.39 Å². The van der Waals surface area contributed by atoms with Gasteiger partial charge in [0.15, 0.2) is 0 Å². The average molecular weight is 278 g/mol. The third-order valence-electron chi connectivity index (χ3n) is 3.83. The highest BCUT2D eigenvalue weighted by molar-refractivity contribution is 5.78. The molecule has 1 aliphatic heterocycles. The lowest BCUT2D eigenvalue weighted by molar-refractivity contribution is -0.122. The second kappa shape index (κ2) is 6.84. The van der Waals surface area contributed by atoms with Crippen molar-refractivity contribution >= 4 is 5.91 Å². The topological polar surface area (TPSA) is 32.3 Å². The summed E-state index contributed by atoms with van der Waals surface area (Å²) in [7, 11) is 0. The zero-order valence-electron chi connectivity index (χ0n) is 12.3. The van der Waals surface area contributed by atoms with E-state index in [4.69, 9.17) is 0 Å². The molecule has 1 aromatic rings. The summed E-state index contributed by atoms with van der Waals surface area (Å²) in [5.74, 6) is 0.462. The van der Waals surface area contributed by atoms with Crippen LogP contribution in [0.15, 0.2) is 18.2 Å². The predicted octanol–water partition coefficient (Wildman–Crippen LogP) is 2.48. The normalized spacial score (nSPS) is 19.9. The molecule has 1 saturated heterocycles. The van der Waals surface area contributed by atoms with Crippen molar-refractivity contribution in [1.82, 2.24) is 10.2 Å². The SMILES string of the molecule is Cc1ccc(CNC(=O)CN2CCCC(C)C2)cc1F. The molecule has 1 heterocycles. The van der Waals surface area contributed by atoms with E-state index in [1.54, 1.807) is 13.0 Å². The molecule has 0 spiro atoms. The third kappa shape index (κ3) is 4.30. The van der Waals surface area contributed by atoms with Gasteiger partial charge in [0.2, 0.25) is 5.91 Å². The minimum Gasteiger partial charge on any atom is -0.351 e. The Bertz CT molecular complexity index is 476. The van der Waals surface area contributed by atoms with E-state index >= 15 is 0 Å². The van der Waals surface area contributed by atoms with Gasteiger partial charge in [0.05, 0.1) is 6.54 Å². The van der Waals surface area contributed by atoms with E-state index in [1.165, 1.54) is 12.5 Å². The number of benzene rings is 1. The first kappa shape index (κ1) is 15.0. The fourth-order valence-corrected chi connectivity index (χ4v) is 2.64. The minimum atomic E-state index is -0.221. The molecule has 110 valence electrons. The number of likely N-dealkylation sites (tertiary alicyclic amines) is 1. The highest BCUT2D eigenvalue weighted by Gasteiger charge is 2.18. The monoisotopic (exact) mass is 278 g/mol. The van der Waals surface area contributed by atoms with Gasteiger partial charge in [-0.1, -0.05) is 19.1 Å². The van der Waals surface area contributed by atoms with Crippen LogP contribution in [0.2, 0.25) is 0 Å². The maximum absolute atomic E-state index is 13.4. The third-order valence-corrected chi connectivity index (χ3v) is 3.83. The van der Waals surface area contributed by atoms with Crippen LogP contribution in [0.25, 0.3) is 0 Å². The Balaban J connectivity index is 1.78. The lowest BCUT2D eigenvalue weighted by atomic mass is 10.0. The number of nitrogens with zero attached hydrogens (tertiary/aromatic N) is 1. The van der Waals surface area contributed by atoms with Crippen LogP contribution < -0.4 is 5.32 Å². The van der Waals surface area contributed by atoms with E-state index in [0.29, 0.717) is 24.6 Å². The number of halogens is 1. The van der Waals surface area contributed by atoms with Crippen molar-refractivity contribution in [2.24, 2.45) is 5.92 Å². The lowest BCUT2D eigenvalue weighted by Gasteiger charge is -2.30. The molecule has 0 saturated carbocycles. The van der Waals surface area contributed by atoms with Crippen LogP contribution in [0.1, 0.15) is 30.9 Å². The maximum atomic E-state index is 13.4. The summed E-state index contributed by atoms with van der Waals surface area (Å²) in [5, 5.41) is 2.86. The highest BCUT2D eigenvalue weighted by atomic mass is 19.1. The Morgan fingerprint density at radius 2 is 2.30 bits per heavy atom. The molecule has 0 aliphatic carbocycles. The Kier molecular flexibility index (Phi) is 5.12. The Morgan fingerprint density at radius 3 is 3.00 bits per heavy atom. The largest absolute Gasteiger partial charge is 0.351 e. The fraction of sp³-hybridized carbons (Fsp3) is 0.562. The van der Waals surface area contributed by atoms with Gasteiger partial charge in [0.1, 0.15) is 5.82 Å². The quantitative estimate of drug-likeness (QED) is 0.917. The number of hydrogen-bond donors (Lipinski definition) is 1. The second-order valence-electron chi connectivity index (χ2n) is 5.84. The average Bonchev–Trinajstić information content (AvgIpc) is 2.40. The molecular weight excluding hydrogens is 255 g/mol. The zero-order chi connectivity index (χ0) is 14.5. The van der Waals surface area contributed by atoms with E-state index in [0.717, 1.165) is 25.1 Å². The van der Waals surface area contributed by atoms with Crippen molar-refractivity contribution in [2.75, 3.05) is 19.6 Å². The summed E-state index contributed by atoms with van der Waals surface area (Å²) < 4.78 is 13.4. The molecule has 2 rings (SSSR count).